The van der Waals surface area contributed by atoms with E-state index in [1.54, 1.807) is 0 Å². The van der Waals surface area contributed by atoms with E-state index < -0.39 is 18.3 Å². The van der Waals surface area contributed by atoms with Crippen LogP contribution in [0.2, 0.25) is 5.72 Å². The van der Waals surface area contributed by atoms with Crippen LogP contribution in [-0.2, 0) is 0 Å². The van der Waals surface area contributed by atoms with Gasteiger partial charge in [-0.05, 0) is 0 Å². The van der Waals surface area contributed by atoms with Crippen LogP contribution in [0.1, 0.15) is 6.42 Å². The molecule has 8 heavy (non-hydrogen) atoms. The predicted molar refractivity (Wildman–Crippen MR) is 25.9 cm³/mol. The normalized spacial score (nSPS) is 12.5. The Hall–Kier alpha value is -0.0801. The van der Waals surface area contributed by atoms with E-state index in [-0.39, 0.29) is 0 Å². The largest absolute Gasteiger partial charge is 0.388 e. The minimum Gasteiger partial charge on any atom is -0.171 e. The molecule has 0 unspecified atom stereocenters. The number of rotatable bonds is 1. The van der Waals surface area contributed by atoms with E-state index in [1.807, 2.05) is 0 Å². The summed E-state index contributed by atoms with van der Waals surface area (Å²) in [5.41, 5.74) is -1.28. The monoisotopic (exact) mass is 118 g/mol. The SMILES string of the molecule is [B]C([B])CC(F)(F)F. The van der Waals surface area contributed by atoms with Crippen LogP contribution >= 0.6 is 0 Å². The molecule has 42 valence electrons. The van der Waals surface area contributed by atoms with Crippen LogP contribution in [0, 0.1) is 0 Å². The molecule has 0 fully saturated rings. The number of hydrogen-bond donors (Lipinski definition) is 0. The number of halogens is 3. The molecule has 0 aliphatic rings. The van der Waals surface area contributed by atoms with Crippen LogP contribution in [-0.4, -0.2) is 21.9 Å². The molecular weight excluding hydrogens is 115 g/mol. The predicted octanol–water partition coefficient (Wildman–Crippen LogP) is 1.02. The summed E-state index contributed by atoms with van der Waals surface area (Å²) in [6.45, 7) is 0. The van der Waals surface area contributed by atoms with E-state index in [0.717, 1.165) is 0 Å². The number of hydrogen-bond acceptors (Lipinski definition) is 0. The molecule has 0 aromatic heterocycles. The summed E-state index contributed by atoms with van der Waals surface area (Å²) in [5.74, 6) is 0. The Labute approximate surface area is 48.3 Å². The fourth-order valence-corrected chi connectivity index (χ4v) is 0.267. The standard InChI is InChI=1S/C3H3B2F3/c4-2(5)1-3(6,7)8/h2H,1H2. The first-order chi connectivity index (χ1) is 3.42. The highest BCUT2D eigenvalue weighted by molar-refractivity contribution is 6.35. The van der Waals surface area contributed by atoms with E-state index in [9.17, 15) is 13.2 Å². The third kappa shape index (κ3) is 5.92. The lowest BCUT2D eigenvalue weighted by Gasteiger charge is -2.07. The van der Waals surface area contributed by atoms with Crippen molar-refractivity contribution in [2.75, 3.05) is 0 Å². The fourth-order valence-electron chi connectivity index (χ4n) is 0.267. The Morgan fingerprint density at radius 1 is 1.25 bits per heavy atom. The molecule has 0 spiro atoms. The molecule has 4 radical (unpaired) electrons. The molecule has 0 rings (SSSR count). The third-order valence-corrected chi connectivity index (χ3v) is 0.467. The summed E-state index contributed by atoms with van der Waals surface area (Å²) in [6, 6.07) is 0. The summed E-state index contributed by atoms with van der Waals surface area (Å²) < 4.78 is 33.4. The van der Waals surface area contributed by atoms with Crippen molar-refractivity contribution in [3.63, 3.8) is 0 Å². The Kier molecular flexibility index (Phi) is 2.44. The highest BCUT2D eigenvalue weighted by atomic mass is 19.4. The zero-order chi connectivity index (χ0) is 6.78. The van der Waals surface area contributed by atoms with Crippen molar-refractivity contribution in [2.45, 2.75) is 18.3 Å². The molecule has 0 atom stereocenters. The van der Waals surface area contributed by atoms with Gasteiger partial charge in [0.05, 0.1) is 15.7 Å². The molecule has 0 aromatic carbocycles. The molecule has 0 nitrogen and oxygen atoms in total. The van der Waals surface area contributed by atoms with Gasteiger partial charge < -0.3 is 0 Å². The maximum Gasteiger partial charge on any atom is 0.388 e. The summed E-state index contributed by atoms with van der Waals surface area (Å²) in [5, 5.41) is 0. The average molecular weight is 118 g/mol. The van der Waals surface area contributed by atoms with Crippen molar-refractivity contribution in [3.8, 4) is 0 Å². The quantitative estimate of drug-likeness (QED) is 0.450. The lowest BCUT2D eigenvalue weighted by molar-refractivity contribution is -0.132. The highest BCUT2D eigenvalue weighted by Crippen LogP contribution is 2.23. The van der Waals surface area contributed by atoms with Crippen molar-refractivity contribution in [1.29, 1.82) is 0 Å². The Bertz CT molecular complexity index is 67.4. The Balaban J connectivity index is 3.39. The molecular formula is C3H3B2F3. The van der Waals surface area contributed by atoms with E-state index in [2.05, 4.69) is 15.7 Å². The minimum absolute atomic E-state index is 1.12. The second-order valence-electron chi connectivity index (χ2n) is 1.48. The summed E-state index contributed by atoms with van der Waals surface area (Å²) in [6.07, 6.45) is -5.35. The third-order valence-electron chi connectivity index (χ3n) is 0.467. The van der Waals surface area contributed by atoms with E-state index >= 15 is 0 Å². The van der Waals surface area contributed by atoms with Gasteiger partial charge in [-0.25, -0.2) is 0 Å². The Morgan fingerprint density at radius 2 is 1.62 bits per heavy atom. The molecule has 0 saturated carbocycles. The van der Waals surface area contributed by atoms with Crippen LogP contribution in [0.15, 0.2) is 0 Å². The van der Waals surface area contributed by atoms with Gasteiger partial charge in [0.2, 0.25) is 0 Å². The van der Waals surface area contributed by atoms with Gasteiger partial charge in [-0.1, -0.05) is 0 Å². The topological polar surface area (TPSA) is 0 Å². The molecule has 0 aliphatic carbocycles. The maximum atomic E-state index is 11.1. The first-order valence-corrected chi connectivity index (χ1v) is 2.00. The summed E-state index contributed by atoms with van der Waals surface area (Å²) in [7, 11) is 9.27. The van der Waals surface area contributed by atoms with Gasteiger partial charge in [0, 0.05) is 6.42 Å². The second-order valence-corrected chi connectivity index (χ2v) is 1.48. The first-order valence-electron chi connectivity index (χ1n) is 2.00. The van der Waals surface area contributed by atoms with Gasteiger partial charge in [0.25, 0.3) is 0 Å². The van der Waals surface area contributed by atoms with Crippen LogP contribution in [0.5, 0.6) is 0 Å². The van der Waals surface area contributed by atoms with Gasteiger partial charge >= 0.3 is 6.18 Å². The molecule has 0 saturated heterocycles. The number of alkyl halides is 3. The molecule has 0 N–H and O–H groups in total. The summed E-state index contributed by atoms with van der Waals surface area (Å²) >= 11 is 0. The molecule has 0 bridgehead atoms. The lowest BCUT2D eigenvalue weighted by Crippen LogP contribution is -2.11. The molecule has 0 amide bonds. The van der Waals surface area contributed by atoms with E-state index in [0.29, 0.717) is 0 Å². The smallest absolute Gasteiger partial charge is 0.171 e. The average Bonchev–Trinajstić information content (AvgIpc) is 1.21. The maximum absolute atomic E-state index is 11.1. The van der Waals surface area contributed by atoms with Gasteiger partial charge in [-0.2, -0.15) is 13.2 Å². The van der Waals surface area contributed by atoms with Gasteiger partial charge in [0.1, 0.15) is 0 Å². The second kappa shape index (κ2) is 2.46. The minimum atomic E-state index is -4.23. The molecule has 0 aromatic rings. The van der Waals surface area contributed by atoms with E-state index in [1.165, 1.54) is 0 Å². The zero-order valence-electron chi connectivity index (χ0n) is 4.07. The van der Waals surface area contributed by atoms with Crippen molar-refractivity contribution >= 4 is 15.7 Å². The van der Waals surface area contributed by atoms with Gasteiger partial charge in [-0.15, -0.1) is 5.72 Å². The zero-order valence-corrected chi connectivity index (χ0v) is 4.07. The van der Waals surface area contributed by atoms with Gasteiger partial charge in [-0.3, -0.25) is 0 Å². The van der Waals surface area contributed by atoms with Crippen LogP contribution < -0.4 is 0 Å². The summed E-state index contributed by atoms with van der Waals surface area (Å²) in [4.78, 5) is 0. The molecule has 5 heteroatoms. The molecule has 0 aliphatic heterocycles. The first kappa shape index (κ1) is 7.92. The van der Waals surface area contributed by atoms with E-state index in [4.69, 9.17) is 0 Å². The fraction of sp³-hybridized carbons (Fsp3) is 1.00. The molecule has 0 heterocycles. The van der Waals surface area contributed by atoms with Gasteiger partial charge in [0.15, 0.2) is 0 Å². The lowest BCUT2D eigenvalue weighted by atomic mass is 9.69. The van der Waals surface area contributed by atoms with Crippen LogP contribution in [0.3, 0.4) is 0 Å². The van der Waals surface area contributed by atoms with Crippen LogP contribution in [0.25, 0.3) is 0 Å². The highest BCUT2D eigenvalue weighted by Gasteiger charge is 2.27. The Morgan fingerprint density at radius 3 is 1.62 bits per heavy atom. The van der Waals surface area contributed by atoms with Crippen molar-refractivity contribution < 1.29 is 13.2 Å². The van der Waals surface area contributed by atoms with Crippen molar-refractivity contribution in [3.05, 3.63) is 0 Å². The van der Waals surface area contributed by atoms with Crippen LogP contribution in [0.4, 0.5) is 13.2 Å². The van der Waals surface area contributed by atoms with Crippen molar-refractivity contribution in [1.82, 2.24) is 0 Å². The van der Waals surface area contributed by atoms with Crippen molar-refractivity contribution in [2.24, 2.45) is 0 Å².